The highest BCUT2D eigenvalue weighted by Crippen LogP contribution is 2.30. The Bertz CT molecular complexity index is 681. The van der Waals surface area contributed by atoms with Crippen LogP contribution < -0.4 is 5.32 Å². The van der Waals surface area contributed by atoms with Crippen molar-refractivity contribution < 1.29 is 10.2 Å². The summed E-state index contributed by atoms with van der Waals surface area (Å²) in [6.07, 6.45) is 1.03. The third-order valence-corrected chi connectivity index (χ3v) is 4.26. The molecule has 0 bridgehead atoms. The van der Waals surface area contributed by atoms with E-state index in [9.17, 15) is 10.2 Å². The molecule has 1 heterocycles. The molecule has 0 aliphatic rings. The van der Waals surface area contributed by atoms with Crippen molar-refractivity contribution in [1.82, 2.24) is 10.3 Å². The first kappa shape index (κ1) is 17.4. The molecule has 4 heteroatoms. The monoisotopic (exact) mass is 316 g/mol. The van der Waals surface area contributed by atoms with E-state index >= 15 is 0 Å². The summed E-state index contributed by atoms with van der Waals surface area (Å²) in [6, 6.07) is 4.91. The van der Waals surface area contributed by atoms with Gasteiger partial charge >= 0.3 is 0 Å². The highest BCUT2D eigenvalue weighted by Gasteiger charge is 2.22. The quantitative estimate of drug-likeness (QED) is 0.633. The molecule has 0 radical (unpaired) electrons. The van der Waals surface area contributed by atoms with Gasteiger partial charge in [0.15, 0.2) is 11.5 Å². The van der Waals surface area contributed by atoms with Gasteiger partial charge in [-0.1, -0.05) is 33.8 Å². The average Bonchev–Trinajstić information content (AvgIpc) is 2.79. The molecular weight excluding hydrogens is 288 g/mol. The second kappa shape index (κ2) is 6.67. The van der Waals surface area contributed by atoms with E-state index < -0.39 is 0 Å². The van der Waals surface area contributed by atoms with Gasteiger partial charge in [-0.3, -0.25) is 0 Å². The van der Waals surface area contributed by atoms with Gasteiger partial charge in [0, 0.05) is 29.9 Å². The number of benzene rings is 1. The molecular formula is C19H28N2O2. The van der Waals surface area contributed by atoms with Crippen LogP contribution in [0.25, 0.3) is 0 Å². The maximum atomic E-state index is 9.54. The molecule has 23 heavy (non-hydrogen) atoms. The molecule has 0 spiro atoms. The van der Waals surface area contributed by atoms with Crippen LogP contribution in [-0.2, 0) is 24.9 Å². The van der Waals surface area contributed by atoms with Gasteiger partial charge in [-0.2, -0.15) is 0 Å². The van der Waals surface area contributed by atoms with E-state index in [1.54, 1.807) is 6.07 Å². The Balaban J connectivity index is 2.09. The van der Waals surface area contributed by atoms with Crippen molar-refractivity contribution in [3.8, 4) is 11.5 Å². The molecule has 4 N–H and O–H groups in total. The van der Waals surface area contributed by atoms with Crippen molar-refractivity contribution in [2.75, 3.05) is 0 Å². The first-order valence-corrected chi connectivity index (χ1v) is 8.16. The minimum absolute atomic E-state index is 0.0800. The van der Waals surface area contributed by atoms with Crippen molar-refractivity contribution in [3.05, 3.63) is 46.3 Å². The van der Waals surface area contributed by atoms with Crippen LogP contribution in [0.2, 0.25) is 0 Å². The summed E-state index contributed by atoms with van der Waals surface area (Å²) in [4.78, 5) is 3.60. The largest absolute Gasteiger partial charge is 0.504 e. The fourth-order valence-electron chi connectivity index (χ4n) is 2.96. The summed E-state index contributed by atoms with van der Waals surface area (Å²) in [7, 11) is 0. The highest BCUT2D eigenvalue weighted by molar-refractivity contribution is 5.41. The molecule has 0 saturated heterocycles. The van der Waals surface area contributed by atoms with Crippen molar-refractivity contribution in [3.63, 3.8) is 0 Å². The van der Waals surface area contributed by atoms with Crippen molar-refractivity contribution in [1.29, 1.82) is 0 Å². The summed E-state index contributed by atoms with van der Waals surface area (Å²) >= 11 is 0. The Morgan fingerprint density at radius 3 is 2.30 bits per heavy atom. The molecule has 0 atom stereocenters. The second-order valence-electron chi connectivity index (χ2n) is 7.11. The molecule has 0 amide bonds. The van der Waals surface area contributed by atoms with Gasteiger partial charge in [0.05, 0.1) is 0 Å². The number of aromatic hydroxyl groups is 2. The number of phenolic OH excluding ortho intramolecular Hbond substituents is 2. The Kier molecular flexibility index (Phi) is 5.05. The lowest BCUT2D eigenvalue weighted by atomic mass is 9.88. The van der Waals surface area contributed by atoms with E-state index in [2.05, 4.69) is 44.9 Å². The number of phenols is 2. The molecule has 126 valence electrons. The first-order valence-electron chi connectivity index (χ1n) is 8.16. The number of H-pyrrole nitrogens is 1. The normalized spacial score (nSPS) is 11.9. The van der Waals surface area contributed by atoms with Crippen molar-refractivity contribution in [2.45, 2.75) is 59.5 Å². The SMILES string of the molecule is CCc1c(C(C)(C)C)[nH]c(CNCc2ccc(O)c(O)c2)c1C. The lowest BCUT2D eigenvalue weighted by molar-refractivity contribution is 0.403. The standard InChI is InChI=1S/C19H28N2O2/c1-6-14-12(2)15(21-18(14)19(3,4)5)11-20-10-13-7-8-16(22)17(23)9-13/h7-9,20-23H,6,10-11H2,1-5H3. The summed E-state index contributed by atoms with van der Waals surface area (Å²) in [6.45, 7) is 12.4. The maximum absolute atomic E-state index is 9.54. The van der Waals surface area contributed by atoms with Crippen LogP contribution in [0, 0.1) is 6.92 Å². The van der Waals surface area contributed by atoms with Gasteiger partial charge in [0.25, 0.3) is 0 Å². The summed E-state index contributed by atoms with van der Waals surface area (Å²) in [5, 5.41) is 22.3. The van der Waals surface area contributed by atoms with E-state index in [-0.39, 0.29) is 16.9 Å². The third kappa shape index (κ3) is 3.88. The lowest BCUT2D eigenvalue weighted by Gasteiger charge is -2.19. The molecule has 0 saturated carbocycles. The Morgan fingerprint density at radius 2 is 1.78 bits per heavy atom. The van der Waals surface area contributed by atoms with E-state index in [1.165, 1.54) is 28.6 Å². The van der Waals surface area contributed by atoms with Gasteiger partial charge in [-0.15, -0.1) is 0 Å². The Labute approximate surface area is 138 Å². The number of aromatic amines is 1. The summed E-state index contributed by atoms with van der Waals surface area (Å²) in [5.74, 6) is -0.167. The highest BCUT2D eigenvalue weighted by atomic mass is 16.3. The van der Waals surface area contributed by atoms with E-state index in [0.29, 0.717) is 6.54 Å². The zero-order valence-electron chi connectivity index (χ0n) is 14.7. The van der Waals surface area contributed by atoms with Gasteiger partial charge in [-0.25, -0.2) is 0 Å². The zero-order chi connectivity index (χ0) is 17.2. The fraction of sp³-hybridized carbons (Fsp3) is 0.474. The molecule has 0 fully saturated rings. The number of hydrogen-bond acceptors (Lipinski definition) is 3. The average molecular weight is 316 g/mol. The van der Waals surface area contributed by atoms with E-state index in [4.69, 9.17) is 0 Å². The van der Waals surface area contributed by atoms with Crippen LogP contribution in [-0.4, -0.2) is 15.2 Å². The van der Waals surface area contributed by atoms with E-state index in [1.807, 2.05) is 6.07 Å². The Hall–Kier alpha value is -1.94. The van der Waals surface area contributed by atoms with E-state index in [0.717, 1.165) is 18.5 Å². The molecule has 4 nitrogen and oxygen atoms in total. The molecule has 0 unspecified atom stereocenters. The number of aromatic nitrogens is 1. The molecule has 2 aromatic rings. The third-order valence-electron chi connectivity index (χ3n) is 4.26. The minimum Gasteiger partial charge on any atom is -0.504 e. The predicted molar refractivity (Wildman–Crippen MR) is 93.9 cm³/mol. The Morgan fingerprint density at radius 1 is 1.09 bits per heavy atom. The number of nitrogens with one attached hydrogen (secondary N) is 2. The fourth-order valence-corrected chi connectivity index (χ4v) is 2.96. The molecule has 1 aromatic carbocycles. The van der Waals surface area contributed by atoms with Gasteiger partial charge in [-0.05, 0) is 42.2 Å². The van der Waals surface area contributed by atoms with Crippen LogP contribution in [0.5, 0.6) is 11.5 Å². The minimum atomic E-state index is -0.0867. The van der Waals surface area contributed by atoms with Crippen LogP contribution >= 0.6 is 0 Å². The topological polar surface area (TPSA) is 68.3 Å². The summed E-state index contributed by atoms with van der Waals surface area (Å²) in [5.41, 5.74) is 6.33. The van der Waals surface area contributed by atoms with Crippen molar-refractivity contribution in [2.24, 2.45) is 0 Å². The number of rotatable bonds is 5. The molecule has 2 rings (SSSR count). The van der Waals surface area contributed by atoms with Crippen LogP contribution in [0.3, 0.4) is 0 Å². The zero-order valence-corrected chi connectivity index (χ0v) is 14.7. The van der Waals surface area contributed by atoms with Crippen LogP contribution in [0.4, 0.5) is 0 Å². The first-order chi connectivity index (χ1) is 10.7. The molecule has 0 aliphatic carbocycles. The molecule has 1 aromatic heterocycles. The number of hydrogen-bond donors (Lipinski definition) is 4. The summed E-state index contributed by atoms with van der Waals surface area (Å²) < 4.78 is 0. The second-order valence-corrected chi connectivity index (χ2v) is 7.11. The van der Waals surface area contributed by atoms with Crippen LogP contribution in [0.1, 0.15) is 55.8 Å². The smallest absolute Gasteiger partial charge is 0.157 e. The van der Waals surface area contributed by atoms with Gasteiger partial charge in [0.1, 0.15) is 0 Å². The van der Waals surface area contributed by atoms with Crippen LogP contribution in [0.15, 0.2) is 18.2 Å². The van der Waals surface area contributed by atoms with Gasteiger partial charge < -0.3 is 20.5 Å². The predicted octanol–water partition coefficient (Wildman–Crippen LogP) is 3.88. The lowest BCUT2D eigenvalue weighted by Crippen LogP contribution is -2.15. The molecule has 0 aliphatic heterocycles. The maximum Gasteiger partial charge on any atom is 0.157 e. The van der Waals surface area contributed by atoms with Crippen molar-refractivity contribution >= 4 is 0 Å². The van der Waals surface area contributed by atoms with Gasteiger partial charge in [0.2, 0.25) is 0 Å².